The van der Waals surface area contributed by atoms with Crippen molar-refractivity contribution in [3.63, 3.8) is 0 Å². The molecule has 4 rings (SSSR count). The van der Waals surface area contributed by atoms with Crippen molar-refractivity contribution in [1.82, 2.24) is 20.5 Å². The number of aliphatic imine (C=N–C) groups is 1. The third-order valence-electron chi connectivity index (χ3n) is 6.54. The molecule has 0 atom stereocenters. The number of morpholine rings is 1. The molecule has 1 saturated carbocycles. The summed E-state index contributed by atoms with van der Waals surface area (Å²) in [7, 11) is 0. The Morgan fingerprint density at radius 3 is 2.65 bits per heavy atom. The lowest BCUT2D eigenvalue weighted by atomic mass is 9.80. The molecule has 1 aliphatic heterocycles. The predicted molar refractivity (Wildman–Crippen MR) is 138 cm³/mol. The number of guanidine groups is 1. The summed E-state index contributed by atoms with van der Waals surface area (Å²) in [5, 5.41) is 9.49. The predicted octanol–water partition coefficient (Wildman–Crippen LogP) is 3.94. The van der Waals surface area contributed by atoms with E-state index in [-0.39, 0.29) is 29.5 Å². The summed E-state index contributed by atoms with van der Waals surface area (Å²) in [6.45, 7) is 8.24. The first kappa shape index (κ1) is 24.2. The van der Waals surface area contributed by atoms with Crippen molar-refractivity contribution in [2.75, 3.05) is 39.4 Å². The minimum atomic E-state index is 0. The molecule has 7 heteroatoms. The quantitative estimate of drug-likeness (QED) is 0.332. The first-order chi connectivity index (χ1) is 14.8. The number of nitrogens with one attached hydrogen (secondary N) is 2. The van der Waals surface area contributed by atoms with Gasteiger partial charge in [-0.15, -0.1) is 24.0 Å². The fourth-order valence-electron chi connectivity index (χ4n) is 4.90. The summed E-state index contributed by atoms with van der Waals surface area (Å²) in [5.41, 5.74) is 1.24. The van der Waals surface area contributed by atoms with E-state index in [1.54, 1.807) is 0 Å². The lowest BCUT2D eigenvalue weighted by molar-refractivity contribution is -0.0352. The molecule has 2 N–H and O–H groups in total. The van der Waals surface area contributed by atoms with Crippen LogP contribution in [0.5, 0.6) is 0 Å². The number of rotatable bonds is 6. The van der Waals surface area contributed by atoms with E-state index in [2.05, 4.69) is 57.8 Å². The van der Waals surface area contributed by atoms with Crippen molar-refractivity contribution in [3.05, 3.63) is 42.2 Å². The number of nitrogens with zero attached hydrogens (tertiary/aromatic N) is 3. The first-order valence-corrected chi connectivity index (χ1v) is 11.5. The number of pyridine rings is 1. The van der Waals surface area contributed by atoms with Crippen LogP contribution in [0.15, 0.2) is 41.5 Å². The van der Waals surface area contributed by atoms with E-state index in [1.165, 1.54) is 42.9 Å². The smallest absolute Gasteiger partial charge is 0.191 e. The van der Waals surface area contributed by atoms with Crippen molar-refractivity contribution in [1.29, 1.82) is 0 Å². The van der Waals surface area contributed by atoms with Crippen LogP contribution in [0, 0.1) is 0 Å². The highest BCUT2D eigenvalue weighted by atomic mass is 127. The Bertz CT molecular complexity index is 841. The number of aromatic nitrogens is 1. The zero-order chi connectivity index (χ0) is 20.7. The summed E-state index contributed by atoms with van der Waals surface area (Å²) >= 11 is 0. The van der Waals surface area contributed by atoms with Crippen LogP contribution in [0.2, 0.25) is 0 Å². The van der Waals surface area contributed by atoms with Gasteiger partial charge < -0.3 is 15.4 Å². The normalized spacial score (nSPS) is 19.6. The van der Waals surface area contributed by atoms with Crippen molar-refractivity contribution < 1.29 is 4.74 Å². The maximum absolute atomic E-state index is 5.62. The average Bonchev–Trinajstić information content (AvgIpc) is 2.82. The van der Waals surface area contributed by atoms with Gasteiger partial charge in [0, 0.05) is 43.3 Å². The van der Waals surface area contributed by atoms with Gasteiger partial charge in [-0.2, -0.15) is 0 Å². The van der Waals surface area contributed by atoms with Crippen LogP contribution in [0.1, 0.15) is 44.7 Å². The van der Waals surface area contributed by atoms with Gasteiger partial charge in [-0.3, -0.25) is 9.88 Å². The molecule has 6 nitrogen and oxygen atoms in total. The van der Waals surface area contributed by atoms with Gasteiger partial charge in [0.25, 0.3) is 0 Å². The molecule has 0 unspecified atom stereocenters. The Labute approximate surface area is 203 Å². The first-order valence-electron chi connectivity index (χ1n) is 11.5. The summed E-state index contributed by atoms with van der Waals surface area (Å²) in [6, 6.07) is 10.4. The van der Waals surface area contributed by atoms with E-state index >= 15 is 0 Å². The number of hydrogen-bond donors (Lipinski definition) is 2. The van der Waals surface area contributed by atoms with E-state index in [0.717, 1.165) is 51.0 Å². The second-order valence-corrected chi connectivity index (χ2v) is 8.41. The molecule has 0 spiro atoms. The molecule has 0 amide bonds. The summed E-state index contributed by atoms with van der Waals surface area (Å²) in [6.07, 6.45) is 8.36. The minimum absolute atomic E-state index is 0. The average molecular weight is 537 g/mol. The van der Waals surface area contributed by atoms with Gasteiger partial charge in [-0.05, 0) is 31.2 Å². The molecule has 0 radical (unpaired) electrons. The Morgan fingerprint density at radius 1 is 1.10 bits per heavy atom. The lowest BCUT2D eigenvalue weighted by Gasteiger charge is -2.48. The van der Waals surface area contributed by atoms with Gasteiger partial charge in [0.05, 0.1) is 25.5 Å². The Balaban J connectivity index is 0.00000272. The number of benzene rings is 1. The maximum Gasteiger partial charge on any atom is 0.191 e. The minimum Gasteiger partial charge on any atom is -0.379 e. The fourth-order valence-corrected chi connectivity index (χ4v) is 4.90. The van der Waals surface area contributed by atoms with Crippen molar-refractivity contribution in [3.8, 4) is 0 Å². The largest absolute Gasteiger partial charge is 0.379 e. The third-order valence-corrected chi connectivity index (χ3v) is 6.54. The standard InChI is InChI=1S/C24H35N5O.HI/c1-2-25-23(27-18-22-21-9-5-4-8-20(21)10-13-26-22)28-19-24(11-6-3-7-12-24)29-14-16-30-17-15-29;/h4-5,8-10,13H,2-3,6-7,11-12,14-19H2,1H3,(H2,25,27,28);1H. The topological polar surface area (TPSA) is 61.8 Å². The van der Waals surface area contributed by atoms with Crippen molar-refractivity contribution >= 4 is 40.7 Å². The van der Waals surface area contributed by atoms with E-state index in [1.807, 2.05) is 6.20 Å². The van der Waals surface area contributed by atoms with Crippen LogP contribution in [-0.2, 0) is 11.3 Å². The van der Waals surface area contributed by atoms with Crippen LogP contribution in [0.25, 0.3) is 10.8 Å². The van der Waals surface area contributed by atoms with Gasteiger partial charge in [0.15, 0.2) is 5.96 Å². The molecule has 1 aromatic heterocycles. The highest BCUT2D eigenvalue weighted by molar-refractivity contribution is 14.0. The molecule has 2 aliphatic rings. The third kappa shape index (κ3) is 6.08. The molecule has 1 aromatic carbocycles. The lowest BCUT2D eigenvalue weighted by Crippen LogP contribution is -2.60. The van der Waals surface area contributed by atoms with Gasteiger partial charge >= 0.3 is 0 Å². The van der Waals surface area contributed by atoms with Gasteiger partial charge in [0.2, 0.25) is 0 Å². The molecule has 0 bridgehead atoms. The van der Waals surface area contributed by atoms with Crippen LogP contribution >= 0.6 is 24.0 Å². The maximum atomic E-state index is 5.62. The van der Waals surface area contributed by atoms with Gasteiger partial charge in [-0.1, -0.05) is 43.5 Å². The van der Waals surface area contributed by atoms with Crippen LogP contribution in [0.4, 0.5) is 0 Å². The highest BCUT2D eigenvalue weighted by Gasteiger charge is 2.38. The van der Waals surface area contributed by atoms with Crippen LogP contribution < -0.4 is 10.6 Å². The SMILES string of the molecule is CCNC(=NCc1nccc2ccccc12)NCC1(N2CCOCC2)CCCCC1.I. The summed E-state index contributed by atoms with van der Waals surface area (Å²) < 4.78 is 5.62. The second kappa shape index (κ2) is 12.0. The molecule has 31 heavy (non-hydrogen) atoms. The van der Waals surface area contributed by atoms with Crippen molar-refractivity contribution in [2.45, 2.75) is 51.1 Å². The van der Waals surface area contributed by atoms with E-state index in [9.17, 15) is 0 Å². The Morgan fingerprint density at radius 2 is 1.87 bits per heavy atom. The molecule has 2 aromatic rings. The highest BCUT2D eigenvalue weighted by Crippen LogP contribution is 2.33. The summed E-state index contributed by atoms with van der Waals surface area (Å²) in [5.74, 6) is 0.880. The monoisotopic (exact) mass is 537 g/mol. The molecule has 170 valence electrons. The number of halogens is 1. The Kier molecular flexibility index (Phi) is 9.34. The van der Waals surface area contributed by atoms with E-state index in [0.29, 0.717) is 6.54 Å². The molecule has 2 heterocycles. The van der Waals surface area contributed by atoms with E-state index in [4.69, 9.17) is 9.73 Å². The van der Waals surface area contributed by atoms with Crippen LogP contribution in [-0.4, -0.2) is 60.8 Å². The summed E-state index contributed by atoms with van der Waals surface area (Å²) in [4.78, 5) is 12.1. The number of hydrogen-bond acceptors (Lipinski definition) is 4. The van der Waals surface area contributed by atoms with Crippen molar-refractivity contribution in [2.24, 2.45) is 4.99 Å². The van der Waals surface area contributed by atoms with Crippen LogP contribution in [0.3, 0.4) is 0 Å². The molecule has 1 saturated heterocycles. The molecular weight excluding hydrogens is 501 g/mol. The van der Waals surface area contributed by atoms with Gasteiger partial charge in [0.1, 0.15) is 0 Å². The fraction of sp³-hybridized carbons (Fsp3) is 0.583. The van der Waals surface area contributed by atoms with E-state index < -0.39 is 0 Å². The van der Waals surface area contributed by atoms with Gasteiger partial charge in [-0.25, -0.2) is 4.99 Å². The zero-order valence-electron chi connectivity index (χ0n) is 18.6. The number of fused-ring (bicyclic) bond motifs is 1. The molecule has 2 fully saturated rings. The molecule has 1 aliphatic carbocycles. The second-order valence-electron chi connectivity index (χ2n) is 8.41. The zero-order valence-corrected chi connectivity index (χ0v) is 20.9. The molecular formula is C24H36IN5O. The number of ether oxygens (including phenoxy) is 1. The Hall–Kier alpha value is -1.45.